The lowest BCUT2D eigenvalue weighted by atomic mass is 9.87. The Kier molecular flexibility index (Phi) is 8.19. The van der Waals surface area contributed by atoms with Crippen molar-refractivity contribution in [3.05, 3.63) is 107 Å². The van der Waals surface area contributed by atoms with Crippen LogP contribution in [0.2, 0.25) is 0 Å². The molecule has 0 aliphatic rings. The lowest BCUT2D eigenvalue weighted by Gasteiger charge is -2.28. The van der Waals surface area contributed by atoms with Crippen LogP contribution in [-0.2, 0) is 21.3 Å². The number of rotatable bonds is 9. The van der Waals surface area contributed by atoms with Crippen LogP contribution in [0.4, 0.5) is 0 Å². The molecule has 0 saturated heterocycles. The van der Waals surface area contributed by atoms with Gasteiger partial charge in [0.25, 0.3) is 0 Å². The van der Waals surface area contributed by atoms with Gasteiger partial charge in [0.2, 0.25) is 0 Å². The van der Waals surface area contributed by atoms with Crippen LogP contribution in [0.25, 0.3) is 0 Å². The molecule has 1 atom stereocenters. The zero-order valence-corrected chi connectivity index (χ0v) is 19.6. The molecule has 31 heavy (non-hydrogen) atoms. The van der Waals surface area contributed by atoms with Gasteiger partial charge in [-0.05, 0) is 24.5 Å². The molecule has 0 spiro atoms. The topological polar surface area (TPSA) is 38.7 Å². The summed E-state index contributed by atoms with van der Waals surface area (Å²) >= 11 is 3.49. The minimum absolute atomic E-state index is 0.286. The molecule has 0 heterocycles. The molecule has 0 N–H and O–H groups in total. The molecule has 0 aromatic heterocycles. The molecule has 0 radical (unpaired) electrons. The second-order valence-corrected chi connectivity index (χ2v) is 7.99. The highest BCUT2D eigenvalue weighted by atomic mass is 79.9. The maximum atomic E-state index is 13.3. The number of carbonyl (C=O) groups excluding carboxylic acids is 1. The van der Waals surface area contributed by atoms with Gasteiger partial charge in [-0.2, -0.15) is 0 Å². The summed E-state index contributed by atoms with van der Waals surface area (Å²) in [6, 6.07) is 28.3. The number of ether oxygens (including phenoxy) is 1. The van der Waals surface area contributed by atoms with Crippen LogP contribution in [-0.4, -0.2) is 23.8 Å². The molecule has 0 unspecified atom stereocenters. The van der Waals surface area contributed by atoms with E-state index in [0.29, 0.717) is 19.4 Å². The summed E-state index contributed by atoms with van der Waals surface area (Å²) in [4.78, 5) is 18.4. The normalized spacial score (nSPS) is 12.6. The predicted molar refractivity (Wildman–Crippen MR) is 131 cm³/mol. The summed E-state index contributed by atoms with van der Waals surface area (Å²) in [6.45, 7) is 4.16. The SMILES string of the molecule is CCOC(=O)[C@](CC)(Cc1ccc(CBr)cc1)N=C(c1ccccc1)c1ccccc1. The first-order valence-electron chi connectivity index (χ1n) is 10.6. The molecule has 0 aliphatic carbocycles. The van der Waals surface area contributed by atoms with E-state index in [9.17, 15) is 4.79 Å². The van der Waals surface area contributed by atoms with Crippen molar-refractivity contribution in [2.45, 2.75) is 37.6 Å². The Balaban J connectivity index is 2.14. The summed E-state index contributed by atoms with van der Waals surface area (Å²) in [5.41, 5.74) is 4.00. The Morgan fingerprint density at radius 2 is 1.35 bits per heavy atom. The molecule has 3 rings (SSSR count). The van der Waals surface area contributed by atoms with E-state index < -0.39 is 5.54 Å². The number of esters is 1. The zero-order valence-electron chi connectivity index (χ0n) is 18.1. The van der Waals surface area contributed by atoms with E-state index in [0.717, 1.165) is 27.7 Å². The van der Waals surface area contributed by atoms with E-state index in [1.807, 2.05) is 74.5 Å². The van der Waals surface area contributed by atoms with Crippen molar-refractivity contribution in [2.75, 3.05) is 6.61 Å². The van der Waals surface area contributed by atoms with E-state index in [2.05, 4.69) is 40.2 Å². The van der Waals surface area contributed by atoms with Gasteiger partial charge in [-0.25, -0.2) is 4.79 Å². The van der Waals surface area contributed by atoms with Gasteiger partial charge in [0.05, 0.1) is 12.3 Å². The largest absolute Gasteiger partial charge is 0.464 e. The number of carbonyl (C=O) groups is 1. The van der Waals surface area contributed by atoms with E-state index >= 15 is 0 Å². The third-order valence-electron chi connectivity index (χ3n) is 5.33. The molecule has 160 valence electrons. The van der Waals surface area contributed by atoms with E-state index in [4.69, 9.17) is 9.73 Å². The summed E-state index contributed by atoms with van der Waals surface area (Å²) in [6.07, 6.45) is 1.02. The van der Waals surface area contributed by atoms with Crippen LogP contribution in [0, 0.1) is 0 Å². The van der Waals surface area contributed by atoms with E-state index in [1.165, 1.54) is 5.56 Å². The fourth-order valence-electron chi connectivity index (χ4n) is 3.56. The summed E-state index contributed by atoms with van der Waals surface area (Å²) in [5, 5.41) is 0.800. The van der Waals surface area contributed by atoms with Gasteiger partial charge in [-0.1, -0.05) is 108 Å². The van der Waals surface area contributed by atoms with Crippen molar-refractivity contribution >= 4 is 27.6 Å². The fraction of sp³-hybridized carbons (Fsp3) is 0.259. The standard InChI is InChI=1S/C27H28BrNO2/c1-3-27(26(30)31-4-2,19-21-15-17-22(20-28)18-16-21)29-25(23-11-7-5-8-12-23)24-13-9-6-10-14-24/h5-18H,3-4,19-20H2,1-2H3/t27-/m0/s1. The van der Waals surface area contributed by atoms with Crippen molar-refractivity contribution in [3.8, 4) is 0 Å². The van der Waals surface area contributed by atoms with Crippen LogP contribution in [0.5, 0.6) is 0 Å². The van der Waals surface area contributed by atoms with Crippen LogP contribution < -0.4 is 0 Å². The average Bonchev–Trinajstić information content (AvgIpc) is 2.83. The minimum Gasteiger partial charge on any atom is -0.464 e. The number of nitrogens with zero attached hydrogens (tertiary/aromatic N) is 1. The molecule has 0 saturated carbocycles. The van der Waals surface area contributed by atoms with Crippen LogP contribution in [0.15, 0.2) is 89.9 Å². The van der Waals surface area contributed by atoms with Crippen molar-refractivity contribution in [2.24, 2.45) is 4.99 Å². The Morgan fingerprint density at radius 1 is 0.839 bits per heavy atom. The Morgan fingerprint density at radius 3 is 1.81 bits per heavy atom. The van der Waals surface area contributed by atoms with Gasteiger partial charge in [0, 0.05) is 22.9 Å². The van der Waals surface area contributed by atoms with Gasteiger partial charge in [-0.3, -0.25) is 4.99 Å². The van der Waals surface area contributed by atoms with Crippen molar-refractivity contribution in [1.82, 2.24) is 0 Å². The van der Waals surface area contributed by atoms with Gasteiger partial charge < -0.3 is 4.74 Å². The fourth-order valence-corrected chi connectivity index (χ4v) is 3.93. The molecule has 0 amide bonds. The summed E-state index contributed by atoms with van der Waals surface area (Å²) in [7, 11) is 0. The Bertz CT molecular complexity index is 959. The van der Waals surface area contributed by atoms with Gasteiger partial charge in [0.1, 0.15) is 0 Å². The summed E-state index contributed by atoms with van der Waals surface area (Å²) in [5.74, 6) is -0.286. The van der Waals surface area contributed by atoms with Crippen molar-refractivity contribution < 1.29 is 9.53 Å². The Labute approximate surface area is 193 Å². The molecule has 0 fully saturated rings. The van der Waals surface area contributed by atoms with Gasteiger partial charge in [0.15, 0.2) is 5.54 Å². The first-order chi connectivity index (χ1) is 15.1. The molecule has 0 aliphatic heterocycles. The molecule has 4 heteroatoms. The van der Waals surface area contributed by atoms with Crippen molar-refractivity contribution in [3.63, 3.8) is 0 Å². The number of alkyl halides is 1. The Hall–Kier alpha value is -2.72. The van der Waals surface area contributed by atoms with Crippen LogP contribution in [0.1, 0.15) is 42.5 Å². The van der Waals surface area contributed by atoms with E-state index in [-0.39, 0.29) is 5.97 Å². The molecule has 3 aromatic carbocycles. The lowest BCUT2D eigenvalue weighted by Crippen LogP contribution is -2.41. The highest BCUT2D eigenvalue weighted by Crippen LogP contribution is 2.27. The zero-order chi connectivity index (χ0) is 22.1. The predicted octanol–water partition coefficient (Wildman–Crippen LogP) is 6.37. The first kappa shape index (κ1) is 23.0. The molecule has 3 nitrogen and oxygen atoms in total. The average molecular weight is 478 g/mol. The number of aliphatic imine (C=N–C) groups is 1. The maximum Gasteiger partial charge on any atom is 0.334 e. The second-order valence-electron chi connectivity index (χ2n) is 7.42. The number of halogens is 1. The van der Waals surface area contributed by atoms with Gasteiger partial charge in [-0.15, -0.1) is 0 Å². The minimum atomic E-state index is -1.01. The molecule has 3 aromatic rings. The number of hydrogen-bond donors (Lipinski definition) is 0. The quantitative estimate of drug-likeness (QED) is 0.204. The summed E-state index contributed by atoms with van der Waals surface area (Å²) < 4.78 is 5.53. The molecular weight excluding hydrogens is 450 g/mol. The number of hydrogen-bond acceptors (Lipinski definition) is 3. The highest BCUT2D eigenvalue weighted by Gasteiger charge is 2.39. The maximum absolute atomic E-state index is 13.3. The molecular formula is C27H28BrNO2. The third-order valence-corrected chi connectivity index (χ3v) is 5.98. The van der Waals surface area contributed by atoms with E-state index in [1.54, 1.807) is 0 Å². The first-order valence-corrected chi connectivity index (χ1v) is 11.8. The third kappa shape index (κ3) is 5.71. The van der Waals surface area contributed by atoms with Crippen LogP contribution >= 0.6 is 15.9 Å². The lowest BCUT2D eigenvalue weighted by molar-refractivity contribution is -0.149. The highest BCUT2D eigenvalue weighted by molar-refractivity contribution is 9.08. The number of benzene rings is 3. The second kappa shape index (κ2) is 11.1. The monoisotopic (exact) mass is 477 g/mol. The van der Waals surface area contributed by atoms with Crippen molar-refractivity contribution in [1.29, 1.82) is 0 Å². The smallest absolute Gasteiger partial charge is 0.334 e. The van der Waals surface area contributed by atoms with Crippen LogP contribution in [0.3, 0.4) is 0 Å². The molecule has 0 bridgehead atoms. The van der Waals surface area contributed by atoms with Gasteiger partial charge >= 0.3 is 5.97 Å².